The summed E-state index contributed by atoms with van der Waals surface area (Å²) >= 11 is 0. The van der Waals surface area contributed by atoms with Crippen LogP contribution in [0.1, 0.15) is 56.3 Å². The molecule has 0 N–H and O–H groups in total. The van der Waals surface area contributed by atoms with Crippen molar-refractivity contribution in [2.75, 3.05) is 20.2 Å². The normalized spacial score (nSPS) is 11.7. The topological polar surface area (TPSA) is 72.7 Å². The van der Waals surface area contributed by atoms with Crippen molar-refractivity contribution >= 4 is 24.1 Å². The molecule has 0 saturated carbocycles. The zero-order valence-electron chi connectivity index (χ0n) is 15.3. The molecule has 0 heterocycles. The Morgan fingerprint density at radius 2 is 1.88 bits per heavy atom. The van der Waals surface area contributed by atoms with Crippen LogP contribution < -0.4 is 0 Å². The molecule has 0 saturated heterocycles. The van der Waals surface area contributed by atoms with Crippen molar-refractivity contribution in [1.82, 2.24) is 4.90 Å². The summed E-state index contributed by atoms with van der Waals surface area (Å²) < 4.78 is 5.24. The fraction of sp³-hybridized carbons (Fsp3) is 0.611. The first-order chi connectivity index (χ1) is 11.5. The van der Waals surface area contributed by atoms with Crippen LogP contribution in [0.3, 0.4) is 0 Å². The summed E-state index contributed by atoms with van der Waals surface area (Å²) in [4.78, 5) is 24.2. The average Bonchev–Trinajstić information content (AvgIpc) is 2.58. The summed E-state index contributed by atoms with van der Waals surface area (Å²) in [7, 11) is 2.03. The SMILES string of the molecule is CCCCCCC(C)N(C)CCOC(=O)c1ccc([N+](=O)[O-])cc1.Cl. The largest absolute Gasteiger partial charge is 0.461 e. The van der Waals surface area contributed by atoms with Gasteiger partial charge in [-0.1, -0.05) is 32.6 Å². The monoisotopic (exact) mass is 372 g/mol. The van der Waals surface area contributed by atoms with Gasteiger partial charge in [0.1, 0.15) is 6.61 Å². The second-order valence-electron chi connectivity index (χ2n) is 6.12. The Morgan fingerprint density at radius 3 is 2.44 bits per heavy atom. The maximum atomic E-state index is 11.9. The van der Waals surface area contributed by atoms with Crippen LogP contribution >= 0.6 is 12.4 Å². The number of carbonyl (C=O) groups excluding carboxylic acids is 1. The first-order valence-corrected chi connectivity index (χ1v) is 8.57. The molecule has 0 aliphatic carbocycles. The Bertz CT molecular complexity index is 522. The molecule has 0 radical (unpaired) electrons. The van der Waals surface area contributed by atoms with E-state index in [-0.39, 0.29) is 18.1 Å². The molecule has 142 valence electrons. The van der Waals surface area contributed by atoms with Gasteiger partial charge in [0.25, 0.3) is 5.69 Å². The van der Waals surface area contributed by atoms with Crippen LogP contribution in [0.2, 0.25) is 0 Å². The number of rotatable bonds is 11. The number of carbonyl (C=O) groups is 1. The minimum atomic E-state index is -0.494. The lowest BCUT2D eigenvalue weighted by atomic mass is 10.1. The lowest BCUT2D eigenvalue weighted by Gasteiger charge is -2.24. The van der Waals surface area contributed by atoms with Crippen LogP contribution in [-0.4, -0.2) is 42.0 Å². The second-order valence-corrected chi connectivity index (χ2v) is 6.12. The van der Waals surface area contributed by atoms with Crippen molar-refractivity contribution in [3.05, 3.63) is 39.9 Å². The zero-order valence-corrected chi connectivity index (χ0v) is 16.1. The first kappa shape index (κ1) is 23.3. The highest BCUT2D eigenvalue weighted by Crippen LogP contribution is 2.13. The number of esters is 1. The van der Waals surface area contributed by atoms with E-state index in [2.05, 4.69) is 18.7 Å². The summed E-state index contributed by atoms with van der Waals surface area (Å²) in [6, 6.07) is 5.91. The Kier molecular flexibility index (Phi) is 11.8. The lowest BCUT2D eigenvalue weighted by molar-refractivity contribution is -0.384. The van der Waals surface area contributed by atoms with E-state index in [0.717, 1.165) is 6.42 Å². The van der Waals surface area contributed by atoms with E-state index < -0.39 is 10.9 Å². The van der Waals surface area contributed by atoms with E-state index >= 15 is 0 Å². The number of nitrogens with zero attached hydrogens (tertiary/aromatic N) is 2. The van der Waals surface area contributed by atoms with Crippen LogP contribution in [0.15, 0.2) is 24.3 Å². The average molecular weight is 373 g/mol. The maximum absolute atomic E-state index is 11.9. The Hall–Kier alpha value is -1.66. The molecule has 0 aromatic heterocycles. The number of hydrogen-bond donors (Lipinski definition) is 0. The van der Waals surface area contributed by atoms with E-state index in [4.69, 9.17) is 4.74 Å². The highest BCUT2D eigenvalue weighted by molar-refractivity contribution is 5.89. The molecule has 1 aromatic carbocycles. The van der Waals surface area contributed by atoms with Crippen molar-refractivity contribution in [2.45, 2.75) is 52.0 Å². The molecular weight excluding hydrogens is 344 g/mol. The first-order valence-electron chi connectivity index (χ1n) is 8.57. The second kappa shape index (κ2) is 12.7. The summed E-state index contributed by atoms with van der Waals surface area (Å²) in [5, 5.41) is 10.6. The summed E-state index contributed by atoms with van der Waals surface area (Å²) in [5.41, 5.74) is 0.291. The minimum Gasteiger partial charge on any atom is -0.461 e. The van der Waals surface area contributed by atoms with Crippen molar-refractivity contribution in [1.29, 1.82) is 0 Å². The number of nitro benzene ring substituents is 1. The smallest absolute Gasteiger partial charge is 0.338 e. The van der Waals surface area contributed by atoms with Gasteiger partial charge < -0.3 is 9.64 Å². The van der Waals surface area contributed by atoms with E-state index in [1.54, 1.807) is 0 Å². The summed E-state index contributed by atoms with van der Waals surface area (Å²) in [5.74, 6) is -0.450. The number of benzene rings is 1. The van der Waals surface area contributed by atoms with Crippen LogP contribution in [-0.2, 0) is 4.74 Å². The molecule has 0 fully saturated rings. The van der Waals surface area contributed by atoms with Gasteiger partial charge in [-0.2, -0.15) is 0 Å². The van der Waals surface area contributed by atoms with Gasteiger partial charge in [0.05, 0.1) is 10.5 Å². The van der Waals surface area contributed by atoms with E-state index in [1.165, 1.54) is 49.9 Å². The van der Waals surface area contributed by atoms with Crippen LogP contribution in [0.4, 0.5) is 5.69 Å². The summed E-state index contributed by atoms with van der Waals surface area (Å²) in [6.07, 6.45) is 6.16. The number of unbranched alkanes of at least 4 members (excludes halogenated alkanes) is 3. The maximum Gasteiger partial charge on any atom is 0.338 e. The number of ether oxygens (including phenoxy) is 1. The van der Waals surface area contributed by atoms with Crippen LogP contribution in [0.25, 0.3) is 0 Å². The van der Waals surface area contributed by atoms with E-state index in [0.29, 0.717) is 24.8 Å². The molecule has 0 spiro atoms. The third-order valence-electron chi connectivity index (χ3n) is 4.22. The minimum absolute atomic E-state index is 0. The third-order valence-corrected chi connectivity index (χ3v) is 4.22. The predicted molar refractivity (Wildman–Crippen MR) is 101 cm³/mol. The molecule has 25 heavy (non-hydrogen) atoms. The van der Waals surface area contributed by atoms with Gasteiger partial charge in [0.15, 0.2) is 0 Å². The van der Waals surface area contributed by atoms with Crippen molar-refractivity contribution in [3.8, 4) is 0 Å². The molecule has 1 rings (SSSR count). The molecule has 0 aliphatic rings. The van der Waals surface area contributed by atoms with Gasteiger partial charge in [-0.3, -0.25) is 10.1 Å². The predicted octanol–water partition coefficient (Wildman–Crippen LogP) is 4.46. The zero-order chi connectivity index (χ0) is 17.9. The van der Waals surface area contributed by atoms with E-state index in [9.17, 15) is 14.9 Å². The number of likely N-dealkylation sites (N-methyl/N-ethyl adjacent to an activating group) is 1. The van der Waals surface area contributed by atoms with Gasteiger partial charge in [-0.05, 0) is 32.5 Å². The number of non-ortho nitro benzene ring substituents is 1. The van der Waals surface area contributed by atoms with Gasteiger partial charge >= 0.3 is 5.97 Å². The third kappa shape index (κ3) is 8.84. The molecule has 1 unspecified atom stereocenters. The van der Waals surface area contributed by atoms with Crippen LogP contribution in [0.5, 0.6) is 0 Å². The van der Waals surface area contributed by atoms with E-state index in [1.807, 2.05) is 7.05 Å². The molecule has 7 heteroatoms. The van der Waals surface area contributed by atoms with Gasteiger partial charge in [-0.25, -0.2) is 4.79 Å². The number of halogens is 1. The molecule has 0 bridgehead atoms. The number of hydrogen-bond acceptors (Lipinski definition) is 5. The van der Waals surface area contributed by atoms with Crippen molar-refractivity contribution in [2.24, 2.45) is 0 Å². The molecule has 1 atom stereocenters. The highest BCUT2D eigenvalue weighted by Gasteiger charge is 2.12. The Balaban J connectivity index is 0.00000576. The van der Waals surface area contributed by atoms with Crippen molar-refractivity contribution in [3.63, 3.8) is 0 Å². The fourth-order valence-electron chi connectivity index (χ4n) is 2.39. The lowest BCUT2D eigenvalue weighted by Crippen LogP contribution is -2.32. The van der Waals surface area contributed by atoms with Crippen molar-refractivity contribution < 1.29 is 14.5 Å². The molecule has 0 amide bonds. The molecular formula is C18H29ClN2O4. The highest BCUT2D eigenvalue weighted by atomic mass is 35.5. The summed E-state index contributed by atoms with van der Waals surface area (Å²) in [6.45, 7) is 5.37. The van der Waals surface area contributed by atoms with Gasteiger partial charge in [0, 0.05) is 24.7 Å². The van der Waals surface area contributed by atoms with Crippen LogP contribution in [0, 0.1) is 10.1 Å². The van der Waals surface area contributed by atoms with Gasteiger partial charge in [-0.15, -0.1) is 12.4 Å². The molecule has 0 aliphatic heterocycles. The quantitative estimate of drug-likeness (QED) is 0.248. The fourth-order valence-corrected chi connectivity index (χ4v) is 2.39. The Morgan fingerprint density at radius 1 is 1.24 bits per heavy atom. The standard InChI is InChI=1S/C18H28N2O4.ClH/c1-4-5-6-7-8-15(2)19(3)13-14-24-18(21)16-9-11-17(12-10-16)20(22)23;/h9-12,15H,4-8,13-14H2,1-3H3;1H. The molecule has 6 nitrogen and oxygen atoms in total. The van der Waals surface area contributed by atoms with Gasteiger partial charge in [0.2, 0.25) is 0 Å². The Labute approximate surface area is 156 Å². The number of nitro groups is 1. The molecule has 1 aromatic rings.